The summed E-state index contributed by atoms with van der Waals surface area (Å²) in [6.07, 6.45) is 0. The highest BCUT2D eigenvalue weighted by Crippen LogP contribution is 2.12. The van der Waals surface area contributed by atoms with Gasteiger partial charge in [-0.2, -0.15) is 12.6 Å². The third kappa shape index (κ3) is 3.76. The zero-order valence-electron chi connectivity index (χ0n) is 8.77. The average molecular weight is 244 g/mol. The molecule has 1 amide bonds. The highest BCUT2D eigenvalue weighted by atomic mass is 35.5. The number of thiol groups is 1. The van der Waals surface area contributed by atoms with Gasteiger partial charge in [-0.3, -0.25) is 4.79 Å². The number of amides is 1. The quantitative estimate of drug-likeness (QED) is 0.810. The van der Waals surface area contributed by atoms with E-state index in [1.807, 2.05) is 24.3 Å². The Bertz CT molecular complexity index is 354. The summed E-state index contributed by atoms with van der Waals surface area (Å²) in [5.74, 6) is 0.0123. The molecule has 0 aliphatic carbocycles. The van der Waals surface area contributed by atoms with Gasteiger partial charge in [-0.15, -0.1) is 0 Å². The van der Waals surface area contributed by atoms with Gasteiger partial charge in [0, 0.05) is 18.6 Å². The fourth-order valence-corrected chi connectivity index (χ4v) is 1.72. The lowest BCUT2D eigenvalue weighted by Gasteiger charge is -2.19. The smallest absolute Gasteiger partial charge is 0.235 e. The largest absolute Gasteiger partial charge is 0.340 e. The Hall–Kier alpha value is -0.670. The van der Waals surface area contributed by atoms with Crippen molar-refractivity contribution >= 4 is 30.1 Å². The van der Waals surface area contributed by atoms with Crippen molar-refractivity contribution in [1.29, 1.82) is 0 Å². The second-order valence-corrected chi connectivity index (χ2v) is 4.71. The molecule has 0 spiro atoms. The molecule has 1 atom stereocenters. The first-order valence-corrected chi connectivity index (χ1v) is 5.57. The first-order valence-electron chi connectivity index (χ1n) is 4.68. The van der Waals surface area contributed by atoms with Crippen LogP contribution in [0.15, 0.2) is 24.3 Å². The molecule has 15 heavy (non-hydrogen) atoms. The van der Waals surface area contributed by atoms with Crippen molar-refractivity contribution in [3.8, 4) is 0 Å². The molecular formula is C11H14ClNOS. The van der Waals surface area contributed by atoms with E-state index < -0.39 is 0 Å². The number of carbonyl (C=O) groups is 1. The van der Waals surface area contributed by atoms with Crippen LogP contribution in [0.2, 0.25) is 5.02 Å². The summed E-state index contributed by atoms with van der Waals surface area (Å²) in [6.45, 7) is 2.32. The minimum absolute atomic E-state index is 0.0123. The van der Waals surface area contributed by atoms with Gasteiger partial charge < -0.3 is 4.90 Å². The maximum absolute atomic E-state index is 11.5. The Morgan fingerprint density at radius 3 is 2.80 bits per heavy atom. The molecule has 0 N–H and O–H groups in total. The van der Waals surface area contributed by atoms with Crippen molar-refractivity contribution in [2.24, 2.45) is 0 Å². The molecule has 0 radical (unpaired) electrons. The molecule has 1 aromatic carbocycles. The van der Waals surface area contributed by atoms with Crippen LogP contribution in [0.5, 0.6) is 0 Å². The highest BCUT2D eigenvalue weighted by molar-refractivity contribution is 7.81. The number of hydrogen-bond acceptors (Lipinski definition) is 2. The summed E-state index contributed by atoms with van der Waals surface area (Å²) in [6, 6.07) is 7.49. The number of carbonyl (C=O) groups excluding carboxylic acids is 1. The number of benzene rings is 1. The van der Waals surface area contributed by atoms with Crippen LogP contribution in [0.1, 0.15) is 12.5 Å². The van der Waals surface area contributed by atoms with E-state index in [2.05, 4.69) is 12.6 Å². The molecule has 0 aromatic heterocycles. The fraction of sp³-hybridized carbons (Fsp3) is 0.364. The van der Waals surface area contributed by atoms with Gasteiger partial charge in [-0.25, -0.2) is 0 Å². The Morgan fingerprint density at radius 2 is 2.27 bits per heavy atom. The van der Waals surface area contributed by atoms with E-state index in [-0.39, 0.29) is 11.2 Å². The molecule has 1 rings (SSSR count). The van der Waals surface area contributed by atoms with Crippen LogP contribution in [0.3, 0.4) is 0 Å². The summed E-state index contributed by atoms with van der Waals surface area (Å²) in [4.78, 5) is 13.2. The van der Waals surface area contributed by atoms with Crippen LogP contribution in [-0.4, -0.2) is 23.1 Å². The minimum Gasteiger partial charge on any atom is -0.340 e. The number of hydrogen-bond donors (Lipinski definition) is 1. The van der Waals surface area contributed by atoms with Crippen molar-refractivity contribution in [2.45, 2.75) is 18.7 Å². The fourth-order valence-electron chi connectivity index (χ4n) is 1.31. The van der Waals surface area contributed by atoms with Crippen LogP contribution >= 0.6 is 24.2 Å². The topological polar surface area (TPSA) is 20.3 Å². The standard InChI is InChI=1S/C11H14ClNOS/c1-8(15)11(14)13(2)7-9-4-3-5-10(12)6-9/h3-6,8,15H,7H2,1-2H3. The lowest BCUT2D eigenvalue weighted by Crippen LogP contribution is -2.31. The molecule has 82 valence electrons. The molecule has 0 aliphatic rings. The van der Waals surface area contributed by atoms with Gasteiger partial charge in [0.05, 0.1) is 5.25 Å². The van der Waals surface area contributed by atoms with E-state index in [1.165, 1.54) is 0 Å². The molecule has 1 aromatic rings. The minimum atomic E-state index is -0.269. The predicted molar refractivity (Wildman–Crippen MR) is 66.4 cm³/mol. The second kappa shape index (κ2) is 5.42. The van der Waals surface area contributed by atoms with Gasteiger partial charge in [-0.1, -0.05) is 23.7 Å². The zero-order chi connectivity index (χ0) is 11.4. The number of rotatable bonds is 3. The third-order valence-electron chi connectivity index (χ3n) is 2.04. The van der Waals surface area contributed by atoms with Crippen molar-refractivity contribution in [3.05, 3.63) is 34.9 Å². The number of halogens is 1. The summed E-state index contributed by atoms with van der Waals surface area (Å²) in [5, 5.41) is 0.418. The van der Waals surface area contributed by atoms with Gasteiger partial charge in [0.15, 0.2) is 0 Å². The molecule has 4 heteroatoms. The Balaban J connectivity index is 2.66. The van der Waals surface area contributed by atoms with Crippen LogP contribution in [-0.2, 0) is 11.3 Å². The van der Waals surface area contributed by atoms with E-state index in [9.17, 15) is 4.79 Å². The Labute approximate surface area is 101 Å². The van der Waals surface area contributed by atoms with Gasteiger partial charge in [0.1, 0.15) is 0 Å². The van der Waals surface area contributed by atoms with E-state index in [1.54, 1.807) is 18.9 Å². The molecule has 0 aliphatic heterocycles. The van der Waals surface area contributed by atoms with E-state index >= 15 is 0 Å². The van der Waals surface area contributed by atoms with E-state index in [4.69, 9.17) is 11.6 Å². The van der Waals surface area contributed by atoms with Crippen molar-refractivity contribution in [2.75, 3.05) is 7.05 Å². The Morgan fingerprint density at radius 1 is 1.60 bits per heavy atom. The van der Waals surface area contributed by atoms with Crippen LogP contribution < -0.4 is 0 Å². The molecule has 0 saturated heterocycles. The molecule has 0 saturated carbocycles. The van der Waals surface area contributed by atoms with E-state index in [0.29, 0.717) is 11.6 Å². The maximum Gasteiger partial charge on any atom is 0.235 e. The SMILES string of the molecule is CC(S)C(=O)N(C)Cc1cccc(Cl)c1. The summed E-state index contributed by atoms with van der Waals surface area (Å²) in [5.41, 5.74) is 1.02. The van der Waals surface area contributed by atoms with Crippen LogP contribution in [0.25, 0.3) is 0 Å². The molecule has 0 fully saturated rings. The first-order chi connectivity index (χ1) is 7.00. The predicted octanol–water partition coefficient (Wildman–Crippen LogP) is 2.62. The molecule has 1 unspecified atom stereocenters. The summed E-state index contributed by atoms with van der Waals surface area (Å²) < 4.78 is 0. The number of nitrogens with zero attached hydrogens (tertiary/aromatic N) is 1. The van der Waals surface area contributed by atoms with Gasteiger partial charge in [0.2, 0.25) is 5.91 Å². The lowest BCUT2D eigenvalue weighted by atomic mass is 10.2. The van der Waals surface area contributed by atoms with Crippen molar-refractivity contribution in [1.82, 2.24) is 4.90 Å². The summed E-state index contributed by atoms with van der Waals surface area (Å²) >= 11 is 9.95. The van der Waals surface area contributed by atoms with E-state index in [0.717, 1.165) is 5.56 Å². The first kappa shape index (κ1) is 12.4. The molecule has 0 heterocycles. The van der Waals surface area contributed by atoms with Gasteiger partial charge in [-0.05, 0) is 24.6 Å². The second-order valence-electron chi connectivity index (χ2n) is 3.50. The monoisotopic (exact) mass is 243 g/mol. The zero-order valence-corrected chi connectivity index (χ0v) is 10.4. The van der Waals surface area contributed by atoms with Crippen LogP contribution in [0.4, 0.5) is 0 Å². The highest BCUT2D eigenvalue weighted by Gasteiger charge is 2.13. The van der Waals surface area contributed by atoms with Crippen molar-refractivity contribution in [3.63, 3.8) is 0 Å². The lowest BCUT2D eigenvalue weighted by molar-refractivity contribution is -0.129. The Kier molecular flexibility index (Phi) is 4.48. The normalized spacial score (nSPS) is 12.3. The maximum atomic E-state index is 11.5. The van der Waals surface area contributed by atoms with Gasteiger partial charge in [0.25, 0.3) is 0 Å². The van der Waals surface area contributed by atoms with Crippen molar-refractivity contribution < 1.29 is 4.79 Å². The molecule has 0 bridgehead atoms. The third-order valence-corrected chi connectivity index (χ3v) is 2.50. The van der Waals surface area contributed by atoms with Crippen LogP contribution in [0, 0.1) is 0 Å². The summed E-state index contributed by atoms with van der Waals surface area (Å²) in [7, 11) is 1.76. The van der Waals surface area contributed by atoms with Gasteiger partial charge >= 0.3 is 0 Å². The average Bonchev–Trinajstić information content (AvgIpc) is 2.16. The molecule has 2 nitrogen and oxygen atoms in total. The molecular weight excluding hydrogens is 230 g/mol.